The molecule has 0 aliphatic carbocycles. The number of aromatic nitrogens is 1. The van der Waals surface area contributed by atoms with Crippen LogP contribution < -0.4 is 11.3 Å². The maximum Gasteiger partial charge on any atom is 0.0588 e. The molecule has 1 aromatic heterocycles. The van der Waals surface area contributed by atoms with Crippen LogP contribution in [-0.4, -0.2) is 4.98 Å². The van der Waals surface area contributed by atoms with E-state index in [1.54, 1.807) is 24.5 Å². The fourth-order valence-electron chi connectivity index (χ4n) is 0.701. The maximum atomic E-state index is 5.20. The SMILES string of the molecule is C=Cc1cnccc1NN. The molecule has 10 heavy (non-hydrogen) atoms. The van der Waals surface area contributed by atoms with Crippen LogP contribution >= 0.6 is 0 Å². The number of hydrazine groups is 1. The topological polar surface area (TPSA) is 50.9 Å². The standard InChI is InChI=1S/C7H9N3/c1-2-6-5-9-4-3-7(6)10-8/h2-5H,1,8H2,(H,9,10). The molecular weight excluding hydrogens is 126 g/mol. The molecule has 52 valence electrons. The summed E-state index contributed by atoms with van der Waals surface area (Å²) in [5, 5.41) is 0. The van der Waals surface area contributed by atoms with E-state index in [0.717, 1.165) is 11.3 Å². The van der Waals surface area contributed by atoms with Crippen molar-refractivity contribution < 1.29 is 0 Å². The Bertz CT molecular complexity index is 232. The summed E-state index contributed by atoms with van der Waals surface area (Å²) < 4.78 is 0. The first kappa shape index (κ1) is 6.77. The molecule has 0 unspecified atom stereocenters. The van der Waals surface area contributed by atoms with Crippen LogP contribution in [0.5, 0.6) is 0 Å². The molecule has 0 aliphatic heterocycles. The zero-order valence-electron chi connectivity index (χ0n) is 5.54. The molecule has 0 atom stereocenters. The molecule has 0 bridgehead atoms. The van der Waals surface area contributed by atoms with Crippen molar-refractivity contribution in [2.75, 3.05) is 5.43 Å². The Hall–Kier alpha value is -1.35. The Morgan fingerprint density at radius 2 is 2.50 bits per heavy atom. The molecule has 0 radical (unpaired) electrons. The van der Waals surface area contributed by atoms with Gasteiger partial charge in [-0.05, 0) is 6.07 Å². The molecule has 1 aromatic rings. The van der Waals surface area contributed by atoms with Crippen LogP contribution in [0.2, 0.25) is 0 Å². The van der Waals surface area contributed by atoms with E-state index in [2.05, 4.69) is 17.0 Å². The molecule has 0 saturated heterocycles. The van der Waals surface area contributed by atoms with Crippen LogP contribution in [0.4, 0.5) is 5.69 Å². The summed E-state index contributed by atoms with van der Waals surface area (Å²) in [4.78, 5) is 3.90. The summed E-state index contributed by atoms with van der Waals surface area (Å²) in [7, 11) is 0. The maximum absolute atomic E-state index is 5.20. The fraction of sp³-hybridized carbons (Fsp3) is 0. The third-order valence-electron chi connectivity index (χ3n) is 1.23. The van der Waals surface area contributed by atoms with Crippen molar-refractivity contribution in [2.45, 2.75) is 0 Å². The van der Waals surface area contributed by atoms with Gasteiger partial charge in [-0.25, -0.2) is 0 Å². The molecule has 0 aliphatic rings. The van der Waals surface area contributed by atoms with Gasteiger partial charge >= 0.3 is 0 Å². The number of rotatable bonds is 2. The van der Waals surface area contributed by atoms with Gasteiger partial charge in [0.15, 0.2) is 0 Å². The predicted molar refractivity (Wildman–Crippen MR) is 42.1 cm³/mol. The molecule has 3 nitrogen and oxygen atoms in total. The monoisotopic (exact) mass is 135 g/mol. The molecule has 3 N–H and O–H groups in total. The van der Waals surface area contributed by atoms with Gasteiger partial charge in [0, 0.05) is 18.0 Å². The summed E-state index contributed by atoms with van der Waals surface area (Å²) in [5.74, 6) is 5.20. The minimum Gasteiger partial charge on any atom is -0.323 e. The molecule has 0 fully saturated rings. The zero-order valence-corrected chi connectivity index (χ0v) is 5.54. The number of nitrogens with zero attached hydrogens (tertiary/aromatic N) is 1. The highest BCUT2D eigenvalue weighted by molar-refractivity contribution is 5.63. The van der Waals surface area contributed by atoms with Crippen molar-refractivity contribution in [1.29, 1.82) is 0 Å². The average Bonchev–Trinajstić information content (AvgIpc) is 2.04. The lowest BCUT2D eigenvalue weighted by Crippen LogP contribution is -2.07. The lowest BCUT2D eigenvalue weighted by atomic mass is 10.2. The average molecular weight is 135 g/mol. The molecule has 0 aromatic carbocycles. The normalized spacial score (nSPS) is 8.90. The first-order valence-corrected chi connectivity index (χ1v) is 2.91. The van der Waals surface area contributed by atoms with Crippen molar-refractivity contribution >= 4 is 11.8 Å². The molecule has 0 amide bonds. The number of anilines is 1. The largest absolute Gasteiger partial charge is 0.323 e. The smallest absolute Gasteiger partial charge is 0.0588 e. The lowest BCUT2D eigenvalue weighted by Gasteiger charge is -2.01. The van der Waals surface area contributed by atoms with Crippen LogP contribution in [0.25, 0.3) is 6.08 Å². The molecule has 0 saturated carbocycles. The van der Waals surface area contributed by atoms with E-state index in [4.69, 9.17) is 5.84 Å². The van der Waals surface area contributed by atoms with Gasteiger partial charge in [-0.3, -0.25) is 10.8 Å². The minimum atomic E-state index is 0.838. The summed E-state index contributed by atoms with van der Waals surface area (Å²) >= 11 is 0. The van der Waals surface area contributed by atoms with Gasteiger partial charge in [0.25, 0.3) is 0 Å². The Balaban J connectivity index is 3.08. The Labute approximate surface area is 59.6 Å². The molecule has 0 spiro atoms. The molecule has 1 heterocycles. The van der Waals surface area contributed by atoms with Crippen LogP contribution in [0, 0.1) is 0 Å². The number of hydrogen-bond donors (Lipinski definition) is 2. The van der Waals surface area contributed by atoms with Gasteiger partial charge in [0.2, 0.25) is 0 Å². The molecule has 1 rings (SSSR count). The fourth-order valence-corrected chi connectivity index (χ4v) is 0.701. The Kier molecular flexibility index (Phi) is 2.02. The van der Waals surface area contributed by atoms with Crippen molar-refractivity contribution in [1.82, 2.24) is 4.98 Å². The van der Waals surface area contributed by atoms with Gasteiger partial charge in [0.05, 0.1) is 5.69 Å². The van der Waals surface area contributed by atoms with E-state index < -0.39 is 0 Å². The minimum absolute atomic E-state index is 0.838. The van der Waals surface area contributed by atoms with Crippen LogP contribution in [0.3, 0.4) is 0 Å². The second kappa shape index (κ2) is 2.98. The predicted octanol–water partition coefficient (Wildman–Crippen LogP) is 1.01. The van der Waals surface area contributed by atoms with E-state index in [9.17, 15) is 0 Å². The van der Waals surface area contributed by atoms with Crippen molar-refractivity contribution in [3.05, 3.63) is 30.6 Å². The van der Waals surface area contributed by atoms with Crippen molar-refractivity contribution in [3.63, 3.8) is 0 Å². The highest BCUT2D eigenvalue weighted by atomic mass is 15.2. The van der Waals surface area contributed by atoms with Crippen molar-refractivity contribution in [3.8, 4) is 0 Å². The van der Waals surface area contributed by atoms with Gasteiger partial charge in [-0.2, -0.15) is 0 Å². The van der Waals surface area contributed by atoms with Crippen LogP contribution in [-0.2, 0) is 0 Å². The van der Waals surface area contributed by atoms with Gasteiger partial charge in [-0.15, -0.1) is 0 Å². The van der Waals surface area contributed by atoms with E-state index in [0.29, 0.717) is 0 Å². The second-order valence-electron chi connectivity index (χ2n) is 1.81. The number of nitrogen functional groups attached to an aromatic ring is 1. The van der Waals surface area contributed by atoms with E-state index >= 15 is 0 Å². The summed E-state index contributed by atoms with van der Waals surface area (Å²) in [5.41, 5.74) is 4.28. The first-order chi connectivity index (χ1) is 4.88. The Morgan fingerprint density at radius 1 is 1.70 bits per heavy atom. The number of pyridine rings is 1. The lowest BCUT2D eigenvalue weighted by molar-refractivity contribution is 1.27. The highest BCUT2D eigenvalue weighted by Gasteiger charge is 1.92. The first-order valence-electron chi connectivity index (χ1n) is 2.91. The van der Waals surface area contributed by atoms with Crippen molar-refractivity contribution in [2.24, 2.45) is 5.84 Å². The molecular formula is C7H9N3. The van der Waals surface area contributed by atoms with Gasteiger partial charge in [0.1, 0.15) is 0 Å². The third kappa shape index (κ3) is 1.14. The number of hydrogen-bond acceptors (Lipinski definition) is 3. The summed E-state index contributed by atoms with van der Waals surface area (Å²) in [6, 6.07) is 1.79. The summed E-state index contributed by atoms with van der Waals surface area (Å²) in [6.07, 6.45) is 5.06. The highest BCUT2D eigenvalue weighted by Crippen LogP contribution is 2.11. The number of nitrogens with one attached hydrogen (secondary N) is 1. The summed E-state index contributed by atoms with van der Waals surface area (Å²) in [6.45, 7) is 3.60. The van der Waals surface area contributed by atoms with E-state index in [1.807, 2.05) is 0 Å². The Morgan fingerprint density at radius 3 is 3.00 bits per heavy atom. The van der Waals surface area contributed by atoms with Crippen LogP contribution in [0.1, 0.15) is 5.56 Å². The van der Waals surface area contributed by atoms with E-state index in [1.165, 1.54) is 0 Å². The zero-order chi connectivity index (χ0) is 7.40. The third-order valence-corrected chi connectivity index (χ3v) is 1.23. The van der Waals surface area contributed by atoms with Gasteiger partial charge < -0.3 is 5.43 Å². The van der Waals surface area contributed by atoms with E-state index in [-0.39, 0.29) is 0 Å². The number of nitrogens with two attached hydrogens (primary N) is 1. The molecule has 3 heteroatoms. The van der Waals surface area contributed by atoms with Crippen LogP contribution in [0.15, 0.2) is 25.0 Å². The van der Waals surface area contributed by atoms with Gasteiger partial charge in [-0.1, -0.05) is 12.7 Å². The quantitative estimate of drug-likeness (QED) is 0.470. The second-order valence-corrected chi connectivity index (χ2v) is 1.81.